The van der Waals surface area contributed by atoms with Crippen LogP contribution in [0.5, 0.6) is 0 Å². The van der Waals surface area contributed by atoms with Gasteiger partial charge in [0.15, 0.2) is 0 Å². The topological polar surface area (TPSA) is 70.2 Å². The van der Waals surface area contributed by atoms with Crippen molar-refractivity contribution < 1.29 is 13.6 Å². The Balaban J connectivity index is 1.45. The van der Waals surface area contributed by atoms with Crippen molar-refractivity contribution in [1.29, 1.82) is 0 Å². The highest BCUT2D eigenvalue weighted by Crippen LogP contribution is 2.24. The fraction of sp³-hybridized carbons (Fsp3) is 0.421. The summed E-state index contributed by atoms with van der Waals surface area (Å²) >= 11 is 0. The molecule has 8 heteroatoms. The number of nitrogens with zero attached hydrogens (tertiary/aromatic N) is 3. The Morgan fingerprint density at radius 3 is 2.74 bits per heavy atom. The number of halogens is 2. The molecule has 1 aliphatic heterocycles. The predicted octanol–water partition coefficient (Wildman–Crippen LogP) is 2.72. The van der Waals surface area contributed by atoms with E-state index in [1.165, 1.54) is 12.1 Å². The van der Waals surface area contributed by atoms with Gasteiger partial charge in [-0.1, -0.05) is 6.07 Å². The number of hydrogen-bond acceptors (Lipinski definition) is 5. The van der Waals surface area contributed by atoms with Crippen molar-refractivity contribution in [2.24, 2.45) is 5.92 Å². The summed E-state index contributed by atoms with van der Waals surface area (Å²) in [5.41, 5.74) is 0.281. The minimum Gasteiger partial charge on any atom is -0.357 e. The molecule has 0 atom stereocenters. The standard InChI is InChI=1S/C19H23F2N5O/c1-22-19-23-7-4-17(25-19)26-8-5-13(6-9-26)10-18(27)24-12-14-2-3-15(20)11-16(14)21/h2-4,7,11,13H,5-6,8-10,12H2,1H3,(H,24,27)(H,22,23,25). The summed E-state index contributed by atoms with van der Waals surface area (Å²) in [7, 11) is 1.78. The molecule has 1 aliphatic rings. The molecule has 0 saturated carbocycles. The number of nitrogens with one attached hydrogen (secondary N) is 2. The van der Waals surface area contributed by atoms with Crippen molar-refractivity contribution in [3.8, 4) is 0 Å². The smallest absolute Gasteiger partial charge is 0.224 e. The summed E-state index contributed by atoms with van der Waals surface area (Å²) in [5, 5.41) is 5.65. The average molecular weight is 375 g/mol. The molecule has 1 aromatic carbocycles. The maximum Gasteiger partial charge on any atom is 0.224 e. The molecule has 3 rings (SSSR count). The van der Waals surface area contributed by atoms with Crippen LogP contribution in [-0.2, 0) is 11.3 Å². The van der Waals surface area contributed by atoms with Crippen LogP contribution in [0, 0.1) is 17.6 Å². The number of rotatable bonds is 6. The summed E-state index contributed by atoms with van der Waals surface area (Å²) in [6, 6.07) is 5.24. The number of benzene rings is 1. The van der Waals surface area contributed by atoms with Gasteiger partial charge in [-0.3, -0.25) is 4.79 Å². The first-order valence-electron chi connectivity index (χ1n) is 9.01. The second-order valence-electron chi connectivity index (χ2n) is 6.64. The van der Waals surface area contributed by atoms with E-state index in [-0.39, 0.29) is 23.9 Å². The Morgan fingerprint density at radius 2 is 2.04 bits per heavy atom. The summed E-state index contributed by atoms with van der Waals surface area (Å²) in [6.45, 7) is 1.72. The molecule has 0 spiro atoms. The first kappa shape index (κ1) is 19.0. The normalized spacial score (nSPS) is 14.9. The van der Waals surface area contributed by atoms with E-state index < -0.39 is 11.6 Å². The molecule has 6 nitrogen and oxygen atoms in total. The molecule has 2 N–H and O–H groups in total. The molecule has 0 radical (unpaired) electrons. The highest BCUT2D eigenvalue weighted by Gasteiger charge is 2.22. The van der Waals surface area contributed by atoms with E-state index in [1.54, 1.807) is 13.2 Å². The van der Waals surface area contributed by atoms with Crippen molar-refractivity contribution in [3.63, 3.8) is 0 Å². The first-order chi connectivity index (χ1) is 13.0. The van der Waals surface area contributed by atoms with E-state index in [1.807, 2.05) is 6.07 Å². The fourth-order valence-corrected chi connectivity index (χ4v) is 3.21. The molecule has 2 heterocycles. The van der Waals surface area contributed by atoms with Gasteiger partial charge in [-0.15, -0.1) is 0 Å². The lowest BCUT2D eigenvalue weighted by Gasteiger charge is -2.32. The quantitative estimate of drug-likeness (QED) is 0.812. The SMILES string of the molecule is CNc1nccc(N2CCC(CC(=O)NCc3ccc(F)cc3F)CC2)n1. The number of piperidine rings is 1. The van der Waals surface area contributed by atoms with Crippen molar-refractivity contribution in [1.82, 2.24) is 15.3 Å². The molecular weight excluding hydrogens is 352 g/mol. The first-order valence-corrected chi connectivity index (χ1v) is 9.01. The minimum atomic E-state index is -0.644. The van der Waals surface area contributed by atoms with Gasteiger partial charge in [0.2, 0.25) is 11.9 Å². The van der Waals surface area contributed by atoms with Gasteiger partial charge in [0.1, 0.15) is 17.5 Å². The number of carbonyl (C=O) groups is 1. The third-order valence-corrected chi connectivity index (χ3v) is 4.77. The summed E-state index contributed by atoms with van der Waals surface area (Å²) in [4.78, 5) is 22.9. The molecule has 144 valence electrons. The molecule has 1 aromatic heterocycles. The lowest BCUT2D eigenvalue weighted by atomic mass is 9.93. The second-order valence-corrected chi connectivity index (χ2v) is 6.64. The lowest BCUT2D eigenvalue weighted by molar-refractivity contribution is -0.122. The van der Waals surface area contributed by atoms with Gasteiger partial charge < -0.3 is 15.5 Å². The zero-order chi connectivity index (χ0) is 19.2. The molecule has 2 aromatic rings. The summed E-state index contributed by atoms with van der Waals surface area (Å²) in [6.07, 6.45) is 3.90. The van der Waals surface area contributed by atoms with Crippen LogP contribution in [0.25, 0.3) is 0 Å². The van der Waals surface area contributed by atoms with Crippen LogP contribution >= 0.6 is 0 Å². The van der Waals surface area contributed by atoms with Gasteiger partial charge in [-0.05, 0) is 30.9 Å². The van der Waals surface area contributed by atoms with Gasteiger partial charge in [0.25, 0.3) is 0 Å². The molecule has 1 fully saturated rings. The van der Waals surface area contributed by atoms with Crippen LogP contribution < -0.4 is 15.5 Å². The van der Waals surface area contributed by atoms with E-state index in [4.69, 9.17) is 0 Å². The Kier molecular flexibility index (Phi) is 6.16. The lowest BCUT2D eigenvalue weighted by Crippen LogP contribution is -2.36. The highest BCUT2D eigenvalue weighted by molar-refractivity contribution is 5.76. The van der Waals surface area contributed by atoms with Gasteiger partial charge in [-0.25, -0.2) is 13.8 Å². The molecular formula is C19H23F2N5O. The van der Waals surface area contributed by atoms with E-state index in [0.29, 0.717) is 12.4 Å². The maximum atomic E-state index is 13.6. The van der Waals surface area contributed by atoms with Gasteiger partial charge in [0.05, 0.1) is 0 Å². The monoisotopic (exact) mass is 375 g/mol. The number of carbonyl (C=O) groups excluding carboxylic acids is 1. The second kappa shape index (κ2) is 8.75. The van der Waals surface area contributed by atoms with E-state index in [0.717, 1.165) is 37.8 Å². The average Bonchev–Trinajstić information content (AvgIpc) is 2.68. The van der Waals surface area contributed by atoms with Crippen molar-refractivity contribution >= 4 is 17.7 Å². The highest BCUT2D eigenvalue weighted by atomic mass is 19.1. The summed E-state index contributed by atoms with van der Waals surface area (Å²) in [5.74, 6) is 0.363. The fourth-order valence-electron chi connectivity index (χ4n) is 3.21. The largest absolute Gasteiger partial charge is 0.357 e. The Labute approximate surface area is 157 Å². The molecule has 1 amide bonds. The third kappa shape index (κ3) is 5.12. The van der Waals surface area contributed by atoms with E-state index in [2.05, 4.69) is 25.5 Å². The maximum absolute atomic E-state index is 13.6. The predicted molar refractivity (Wildman–Crippen MR) is 99.3 cm³/mol. The zero-order valence-electron chi connectivity index (χ0n) is 15.2. The van der Waals surface area contributed by atoms with Crippen molar-refractivity contribution in [2.75, 3.05) is 30.4 Å². The van der Waals surface area contributed by atoms with Crippen LogP contribution in [-0.4, -0.2) is 36.0 Å². The molecule has 0 unspecified atom stereocenters. The van der Waals surface area contributed by atoms with E-state index >= 15 is 0 Å². The molecule has 0 bridgehead atoms. The van der Waals surface area contributed by atoms with Crippen molar-refractivity contribution in [3.05, 3.63) is 47.7 Å². The molecule has 0 aliphatic carbocycles. The van der Waals surface area contributed by atoms with E-state index in [9.17, 15) is 13.6 Å². The zero-order valence-corrected chi connectivity index (χ0v) is 15.2. The third-order valence-electron chi connectivity index (χ3n) is 4.77. The van der Waals surface area contributed by atoms with Crippen LogP contribution in [0.3, 0.4) is 0 Å². The number of hydrogen-bond donors (Lipinski definition) is 2. The Morgan fingerprint density at radius 1 is 1.26 bits per heavy atom. The van der Waals surface area contributed by atoms with Gasteiger partial charge in [-0.2, -0.15) is 4.98 Å². The number of amides is 1. The van der Waals surface area contributed by atoms with Gasteiger partial charge >= 0.3 is 0 Å². The minimum absolute atomic E-state index is 0.0670. The molecule has 27 heavy (non-hydrogen) atoms. The summed E-state index contributed by atoms with van der Waals surface area (Å²) < 4.78 is 26.5. The Bertz CT molecular complexity index is 793. The van der Waals surface area contributed by atoms with Gasteiger partial charge in [0, 0.05) is 50.9 Å². The van der Waals surface area contributed by atoms with Crippen LogP contribution in [0.1, 0.15) is 24.8 Å². The van der Waals surface area contributed by atoms with Crippen LogP contribution in [0.2, 0.25) is 0 Å². The van der Waals surface area contributed by atoms with Crippen LogP contribution in [0.4, 0.5) is 20.5 Å². The van der Waals surface area contributed by atoms with Crippen LogP contribution in [0.15, 0.2) is 30.5 Å². The number of anilines is 2. The number of aromatic nitrogens is 2. The molecule has 1 saturated heterocycles. The Hall–Kier alpha value is -2.77. The van der Waals surface area contributed by atoms with Crippen molar-refractivity contribution in [2.45, 2.75) is 25.8 Å².